The molecule has 0 aliphatic rings. The van der Waals surface area contributed by atoms with Gasteiger partial charge in [-0.25, -0.2) is 4.52 Å². The van der Waals surface area contributed by atoms with Gasteiger partial charge in [-0.2, -0.15) is 10.5 Å². The van der Waals surface area contributed by atoms with Gasteiger partial charge < -0.3 is 0 Å². The minimum atomic E-state index is -0.0285. The van der Waals surface area contributed by atoms with Gasteiger partial charge in [0, 0.05) is 16.6 Å². The number of H-pyrrole nitrogens is 1. The summed E-state index contributed by atoms with van der Waals surface area (Å²) < 4.78 is 3.35. The van der Waals surface area contributed by atoms with Crippen LogP contribution in [0.25, 0.3) is 22.3 Å². The van der Waals surface area contributed by atoms with Crippen LogP contribution in [0, 0.1) is 32.8 Å². The Labute approximate surface area is 140 Å². The molecule has 0 saturated carbocycles. The van der Waals surface area contributed by atoms with Crippen molar-refractivity contribution >= 4 is 35.4 Å². The number of nitriles is 2. The summed E-state index contributed by atoms with van der Waals surface area (Å²) in [4.78, 5) is 0.772. The van der Waals surface area contributed by atoms with Gasteiger partial charge in [0.15, 0.2) is 15.9 Å². The number of rotatable bonds is 2. The quantitative estimate of drug-likeness (QED) is 0.702. The largest absolute Gasteiger partial charge is 0.282 e. The van der Waals surface area contributed by atoms with Crippen LogP contribution >= 0.6 is 23.6 Å². The highest BCUT2D eigenvalue weighted by Gasteiger charge is 2.21. The van der Waals surface area contributed by atoms with E-state index in [2.05, 4.69) is 11.2 Å². The number of nitrogens with zero attached hydrogens (tertiary/aromatic N) is 4. The van der Waals surface area contributed by atoms with Crippen LogP contribution in [0.1, 0.15) is 18.1 Å². The Hall–Kier alpha value is -2.94. The number of nitrogens with one attached hydrogen (secondary N) is 2. The van der Waals surface area contributed by atoms with Gasteiger partial charge in [0.25, 0.3) is 0 Å². The summed E-state index contributed by atoms with van der Waals surface area (Å²) >= 11 is 6.69. The van der Waals surface area contributed by atoms with Gasteiger partial charge in [-0.1, -0.05) is 12.1 Å². The maximum absolute atomic E-state index is 9.71. The first-order chi connectivity index (χ1) is 11.1. The van der Waals surface area contributed by atoms with Crippen LogP contribution < -0.4 is 5.49 Å². The molecule has 0 amide bonds. The van der Waals surface area contributed by atoms with Crippen LogP contribution in [-0.2, 0) is 0 Å². The van der Waals surface area contributed by atoms with Crippen molar-refractivity contribution in [2.24, 2.45) is 0 Å². The van der Waals surface area contributed by atoms with Gasteiger partial charge in [-0.15, -0.1) is 11.3 Å². The van der Waals surface area contributed by atoms with Crippen LogP contribution in [0.15, 0.2) is 23.6 Å². The highest BCUT2D eigenvalue weighted by atomic mass is 32.1. The lowest BCUT2D eigenvalue weighted by Crippen LogP contribution is -2.20. The molecule has 0 aliphatic carbocycles. The summed E-state index contributed by atoms with van der Waals surface area (Å²) in [5.41, 5.74) is 1.35. The topological polar surface area (TPSA) is 96.6 Å². The molecule has 3 rings (SSSR count). The Balaban J connectivity index is 2.66. The van der Waals surface area contributed by atoms with Gasteiger partial charge in [-0.05, 0) is 30.6 Å². The molecule has 0 bridgehead atoms. The van der Waals surface area contributed by atoms with Crippen molar-refractivity contribution in [3.05, 3.63) is 45.0 Å². The zero-order valence-corrected chi connectivity index (χ0v) is 13.6. The molecule has 6 nitrogen and oxygen atoms in total. The lowest BCUT2D eigenvalue weighted by Gasteiger charge is -2.08. The Kier molecular flexibility index (Phi) is 3.70. The third-order valence-electron chi connectivity index (χ3n) is 3.34. The molecule has 23 heavy (non-hydrogen) atoms. The second-order valence-electron chi connectivity index (χ2n) is 4.60. The molecule has 0 unspecified atom stereocenters. The average Bonchev–Trinajstić information content (AvgIpc) is 3.17. The van der Waals surface area contributed by atoms with Crippen molar-refractivity contribution in [3.8, 4) is 22.6 Å². The second kappa shape index (κ2) is 5.69. The number of aromatic amines is 1. The van der Waals surface area contributed by atoms with E-state index < -0.39 is 0 Å². The summed E-state index contributed by atoms with van der Waals surface area (Å²) in [6.45, 7) is 1.84. The third-order valence-corrected chi connectivity index (χ3v) is 4.51. The van der Waals surface area contributed by atoms with Gasteiger partial charge in [0.05, 0.1) is 0 Å². The fourth-order valence-corrected chi connectivity index (χ4v) is 3.46. The lowest BCUT2D eigenvalue weighted by atomic mass is 10.0. The van der Waals surface area contributed by atoms with Crippen molar-refractivity contribution in [1.82, 2.24) is 14.2 Å². The lowest BCUT2D eigenvalue weighted by molar-refractivity contribution is 0.862. The molecular formula is C15H10N6S2. The maximum Gasteiger partial charge on any atom is 0.198 e. The third kappa shape index (κ3) is 2.13. The molecule has 112 valence electrons. The second-order valence-corrected chi connectivity index (χ2v) is 5.94. The molecular weight excluding hydrogens is 328 g/mol. The smallest absolute Gasteiger partial charge is 0.198 e. The average molecular weight is 338 g/mol. The molecule has 0 fully saturated rings. The fraction of sp³-hybridized carbons (Fsp3) is 0.0667. The van der Waals surface area contributed by atoms with Gasteiger partial charge in [0.1, 0.15) is 23.3 Å². The van der Waals surface area contributed by atoms with E-state index in [0.717, 1.165) is 4.88 Å². The van der Waals surface area contributed by atoms with E-state index in [1.807, 2.05) is 30.5 Å². The van der Waals surface area contributed by atoms with Gasteiger partial charge >= 0.3 is 0 Å². The van der Waals surface area contributed by atoms with E-state index in [-0.39, 0.29) is 11.1 Å². The molecule has 0 atom stereocenters. The van der Waals surface area contributed by atoms with Crippen LogP contribution in [0.4, 0.5) is 0 Å². The molecule has 0 radical (unpaired) electrons. The standard InChI is InChI=1S/C15H10N6S2/c1-2-5-20-14-10(8-17)12(11-4-3-6-23-11)9(7-16)13(18)21(14)19-15(20)22/h2-6,18H,1H3,(H,19,22)/b5-2+,18-13?. The summed E-state index contributed by atoms with van der Waals surface area (Å²) in [6.07, 6.45) is 3.51. The zero-order chi connectivity index (χ0) is 16.6. The molecule has 3 aromatic heterocycles. The molecule has 0 aliphatic heterocycles. The highest BCUT2D eigenvalue weighted by Crippen LogP contribution is 2.31. The first-order valence-corrected chi connectivity index (χ1v) is 7.87. The van der Waals surface area contributed by atoms with E-state index >= 15 is 0 Å². The van der Waals surface area contributed by atoms with Crippen molar-refractivity contribution in [3.63, 3.8) is 0 Å². The minimum Gasteiger partial charge on any atom is -0.282 e. The molecule has 0 aromatic carbocycles. The molecule has 8 heteroatoms. The van der Waals surface area contributed by atoms with Crippen LogP contribution in [-0.4, -0.2) is 14.2 Å². The van der Waals surface area contributed by atoms with E-state index in [1.54, 1.807) is 16.8 Å². The number of pyridine rings is 1. The molecule has 2 N–H and O–H groups in total. The van der Waals surface area contributed by atoms with Gasteiger partial charge in [-0.3, -0.25) is 15.1 Å². The normalized spacial score (nSPS) is 10.9. The number of fused-ring (bicyclic) bond motifs is 1. The summed E-state index contributed by atoms with van der Waals surface area (Å²) in [5.74, 6) is 0. The Morgan fingerprint density at radius 3 is 2.65 bits per heavy atom. The number of thiophene rings is 1. The summed E-state index contributed by atoms with van der Waals surface area (Å²) in [6, 6.07) is 7.90. The van der Waals surface area contributed by atoms with Crippen LogP contribution in [0.5, 0.6) is 0 Å². The minimum absolute atomic E-state index is 0.0285. The predicted octanol–water partition coefficient (Wildman–Crippen LogP) is 3.24. The first kappa shape index (κ1) is 15.0. The van der Waals surface area contributed by atoms with Crippen molar-refractivity contribution in [1.29, 1.82) is 15.9 Å². The number of allylic oxidation sites excluding steroid dienone is 1. The number of hydrogen-bond donors (Lipinski definition) is 2. The molecule has 3 aromatic rings. The SMILES string of the molecule is C/C=C/n1c(=S)[nH]n2c(=N)c(C#N)c(-c3cccs3)c(C#N)c12. The molecule has 0 spiro atoms. The summed E-state index contributed by atoms with van der Waals surface area (Å²) in [7, 11) is 0. The fourth-order valence-electron chi connectivity index (χ4n) is 2.44. The number of hydrogen-bond acceptors (Lipinski definition) is 5. The Morgan fingerprint density at radius 2 is 2.09 bits per heavy atom. The maximum atomic E-state index is 9.71. The van der Waals surface area contributed by atoms with Crippen molar-refractivity contribution < 1.29 is 0 Å². The number of aromatic nitrogens is 3. The van der Waals surface area contributed by atoms with E-state index in [9.17, 15) is 10.5 Å². The van der Waals surface area contributed by atoms with Crippen molar-refractivity contribution in [2.45, 2.75) is 6.92 Å². The van der Waals surface area contributed by atoms with E-state index in [0.29, 0.717) is 21.5 Å². The monoisotopic (exact) mass is 338 g/mol. The van der Waals surface area contributed by atoms with E-state index in [4.69, 9.17) is 17.6 Å². The van der Waals surface area contributed by atoms with E-state index in [1.165, 1.54) is 15.9 Å². The van der Waals surface area contributed by atoms with Crippen LogP contribution in [0.3, 0.4) is 0 Å². The molecule has 3 heterocycles. The zero-order valence-electron chi connectivity index (χ0n) is 12.0. The summed E-state index contributed by atoms with van der Waals surface area (Å²) in [5, 5.41) is 32.3. The molecule has 0 saturated heterocycles. The highest BCUT2D eigenvalue weighted by molar-refractivity contribution is 7.71. The Morgan fingerprint density at radius 1 is 1.35 bits per heavy atom. The Bertz CT molecular complexity index is 1130. The van der Waals surface area contributed by atoms with Crippen molar-refractivity contribution in [2.75, 3.05) is 0 Å². The van der Waals surface area contributed by atoms with Crippen LogP contribution in [0.2, 0.25) is 0 Å². The first-order valence-electron chi connectivity index (χ1n) is 6.58. The predicted molar refractivity (Wildman–Crippen MR) is 90.2 cm³/mol. The van der Waals surface area contributed by atoms with Gasteiger partial charge in [0.2, 0.25) is 0 Å².